The van der Waals surface area contributed by atoms with Gasteiger partial charge in [-0.3, -0.25) is 4.99 Å². The second-order valence-corrected chi connectivity index (χ2v) is 10.8. The molecule has 1 aromatic carbocycles. The van der Waals surface area contributed by atoms with Crippen LogP contribution in [-0.4, -0.2) is 19.8 Å². The maximum atomic E-state index is 4.44. The van der Waals surface area contributed by atoms with Gasteiger partial charge in [0, 0.05) is 11.1 Å². The van der Waals surface area contributed by atoms with Gasteiger partial charge in [0.2, 0.25) is 0 Å². The molecule has 0 bridgehead atoms. The van der Waals surface area contributed by atoms with Gasteiger partial charge >= 0.3 is 0 Å². The van der Waals surface area contributed by atoms with Crippen molar-refractivity contribution in [3.8, 4) is 0 Å². The van der Waals surface area contributed by atoms with Crippen molar-refractivity contribution in [3.63, 3.8) is 0 Å². The summed E-state index contributed by atoms with van der Waals surface area (Å²) in [5.74, 6) is 0. The van der Waals surface area contributed by atoms with Gasteiger partial charge in [0.25, 0.3) is 0 Å². The van der Waals surface area contributed by atoms with E-state index in [1.165, 1.54) is 4.90 Å². The summed E-state index contributed by atoms with van der Waals surface area (Å²) in [6.07, 6.45) is 1.02. The van der Waals surface area contributed by atoms with Crippen LogP contribution in [0.15, 0.2) is 40.2 Å². The first-order valence-electron chi connectivity index (χ1n) is 4.78. The largest absolute Gasteiger partial charge is 0.289 e. The Morgan fingerprint density at radius 3 is 2.43 bits per heavy atom. The lowest BCUT2D eigenvalue weighted by atomic mass is 10.4. The molecule has 0 N–H and O–H groups in total. The van der Waals surface area contributed by atoms with Crippen LogP contribution < -0.4 is 0 Å². The van der Waals surface area contributed by atoms with Crippen LogP contribution in [0, 0.1) is 0 Å². The summed E-state index contributed by atoms with van der Waals surface area (Å²) in [5, 5.41) is 0. The summed E-state index contributed by atoms with van der Waals surface area (Å²) < 4.78 is 0. The molecule has 1 aromatic rings. The third-order valence-electron chi connectivity index (χ3n) is 1.57. The highest BCUT2D eigenvalue weighted by molar-refractivity contribution is 8.12. The molecule has 0 aliphatic rings. The van der Waals surface area contributed by atoms with Crippen LogP contribution in [0.25, 0.3) is 0 Å². The predicted molar refractivity (Wildman–Crippen MR) is 69.0 cm³/mol. The summed E-state index contributed by atoms with van der Waals surface area (Å²) in [5.41, 5.74) is 1.97. The monoisotopic (exact) mass is 223 g/mol. The van der Waals surface area contributed by atoms with Gasteiger partial charge in [-0.25, -0.2) is 0 Å². The second-order valence-electron chi connectivity index (χ2n) is 4.44. The van der Waals surface area contributed by atoms with E-state index in [9.17, 15) is 0 Å². The smallest absolute Gasteiger partial charge is 0.0692 e. The quantitative estimate of drug-likeness (QED) is 0.328. The fraction of sp³-hybridized carbons (Fsp3) is 0.364. The van der Waals surface area contributed by atoms with Crippen molar-refractivity contribution in [2.45, 2.75) is 24.5 Å². The predicted octanol–water partition coefficient (Wildman–Crippen LogP) is 3.68. The third-order valence-corrected chi connectivity index (χ3v) is 3.50. The molecule has 3 heteroatoms. The highest BCUT2D eigenvalue weighted by atomic mass is 32.2. The lowest BCUT2D eigenvalue weighted by molar-refractivity contribution is 1.30. The fourth-order valence-corrected chi connectivity index (χ4v) is 2.26. The summed E-state index contributed by atoms with van der Waals surface area (Å²) in [7, 11) is -1.01. The van der Waals surface area contributed by atoms with Gasteiger partial charge in [0.05, 0.1) is 13.6 Å². The molecule has 1 nitrogen and oxygen atoms in total. The van der Waals surface area contributed by atoms with Crippen molar-refractivity contribution in [3.05, 3.63) is 30.3 Å². The molecule has 0 saturated heterocycles. The van der Waals surface area contributed by atoms with Gasteiger partial charge in [-0.05, 0) is 12.1 Å². The van der Waals surface area contributed by atoms with Gasteiger partial charge < -0.3 is 0 Å². The Morgan fingerprint density at radius 2 is 1.86 bits per heavy atom. The maximum absolute atomic E-state index is 4.44. The Hall–Kier alpha value is -0.543. The number of nitrogens with zero attached hydrogens (tertiary/aromatic N) is 1. The Labute approximate surface area is 91.7 Å². The lowest BCUT2D eigenvalue weighted by Crippen LogP contribution is -2.24. The third kappa shape index (κ3) is 5.24. The number of aliphatic imine (C=N–C) groups is 1. The average molecular weight is 223 g/mol. The molecule has 0 spiro atoms. The number of benzene rings is 1. The van der Waals surface area contributed by atoms with Gasteiger partial charge in [0.15, 0.2) is 0 Å². The van der Waals surface area contributed by atoms with Crippen LogP contribution in [0.2, 0.25) is 19.6 Å². The van der Waals surface area contributed by atoms with E-state index in [-0.39, 0.29) is 0 Å². The van der Waals surface area contributed by atoms with E-state index >= 15 is 0 Å². The molecular formula is C11H17NSSi. The van der Waals surface area contributed by atoms with Crippen molar-refractivity contribution in [2.75, 3.05) is 6.17 Å². The summed E-state index contributed by atoms with van der Waals surface area (Å²) in [4.78, 5) is 5.69. The maximum Gasteiger partial charge on any atom is 0.0692 e. The van der Waals surface area contributed by atoms with Crippen LogP contribution >= 0.6 is 11.8 Å². The van der Waals surface area contributed by atoms with Crippen LogP contribution in [0.3, 0.4) is 0 Å². The van der Waals surface area contributed by atoms with Gasteiger partial charge in [-0.15, -0.1) is 0 Å². The average Bonchev–Trinajstić information content (AvgIpc) is 2.13. The summed E-state index contributed by atoms with van der Waals surface area (Å²) in [6.45, 7) is 6.99. The summed E-state index contributed by atoms with van der Waals surface area (Å²) >= 11 is 1.69. The van der Waals surface area contributed by atoms with E-state index in [1.54, 1.807) is 11.8 Å². The Morgan fingerprint density at radius 1 is 1.21 bits per heavy atom. The Balaban J connectivity index is 2.35. The molecule has 1 rings (SSSR count). The first-order valence-corrected chi connectivity index (χ1v) is 9.37. The standard InChI is InChI=1S/C11H17NSSi/c1-14(2,3)10-12-9-13-11-7-5-4-6-8-11/h4-9H,10H2,1-3H3. The normalized spacial score (nSPS) is 12.2. The van der Waals surface area contributed by atoms with Gasteiger partial charge in [-0.2, -0.15) is 0 Å². The minimum Gasteiger partial charge on any atom is -0.289 e. The molecule has 0 radical (unpaired) electrons. The van der Waals surface area contributed by atoms with Crippen LogP contribution in [0.4, 0.5) is 0 Å². The molecule has 0 aromatic heterocycles. The Kier molecular flexibility index (Phi) is 4.42. The number of rotatable bonds is 4. The number of hydrogen-bond donors (Lipinski definition) is 0. The van der Waals surface area contributed by atoms with Gasteiger partial charge in [0.1, 0.15) is 0 Å². The molecule has 76 valence electrons. The SMILES string of the molecule is C[Si](C)(C)CN=CSc1ccccc1. The highest BCUT2D eigenvalue weighted by Gasteiger charge is 2.10. The lowest BCUT2D eigenvalue weighted by Gasteiger charge is -2.10. The number of hydrogen-bond acceptors (Lipinski definition) is 2. The molecule has 0 atom stereocenters. The van der Waals surface area contributed by atoms with Crippen LogP contribution in [0.5, 0.6) is 0 Å². The van der Waals surface area contributed by atoms with Crippen LogP contribution in [0.1, 0.15) is 0 Å². The zero-order valence-electron chi connectivity index (χ0n) is 9.03. The summed E-state index contributed by atoms with van der Waals surface area (Å²) in [6, 6.07) is 10.3. The zero-order valence-corrected chi connectivity index (χ0v) is 10.8. The van der Waals surface area contributed by atoms with Gasteiger partial charge in [-0.1, -0.05) is 49.6 Å². The number of thioether (sulfide) groups is 1. The minimum absolute atomic E-state index is 1.01. The molecule has 14 heavy (non-hydrogen) atoms. The minimum atomic E-state index is -1.01. The van der Waals surface area contributed by atoms with E-state index in [4.69, 9.17) is 0 Å². The molecule has 0 amide bonds. The molecule has 0 saturated carbocycles. The van der Waals surface area contributed by atoms with E-state index in [1.807, 2.05) is 11.6 Å². The molecule has 0 fully saturated rings. The molecule has 0 heterocycles. The second kappa shape index (κ2) is 5.37. The Bertz CT molecular complexity index is 290. The fourth-order valence-electron chi connectivity index (χ4n) is 0.908. The van der Waals surface area contributed by atoms with Crippen molar-refractivity contribution in [1.82, 2.24) is 0 Å². The van der Waals surface area contributed by atoms with Crippen molar-refractivity contribution < 1.29 is 0 Å². The molecule has 0 unspecified atom stereocenters. The van der Waals surface area contributed by atoms with Crippen LogP contribution in [-0.2, 0) is 0 Å². The van der Waals surface area contributed by atoms with Crippen molar-refractivity contribution >= 4 is 25.4 Å². The van der Waals surface area contributed by atoms with E-state index < -0.39 is 8.07 Å². The molecule has 0 aliphatic heterocycles. The molecular weight excluding hydrogens is 206 g/mol. The van der Waals surface area contributed by atoms with E-state index in [0.717, 1.165) is 6.17 Å². The highest BCUT2D eigenvalue weighted by Crippen LogP contribution is 2.14. The first kappa shape index (κ1) is 11.5. The molecule has 0 aliphatic carbocycles. The van der Waals surface area contributed by atoms with E-state index in [0.29, 0.717) is 0 Å². The van der Waals surface area contributed by atoms with Crippen molar-refractivity contribution in [1.29, 1.82) is 0 Å². The van der Waals surface area contributed by atoms with E-state index in [2.05, 4.69) is 48.9 Å². The first-order chi connectivity index (χ1) is 6.58. The van der Waals surface area contributed by atoms with Crippen molar-refractivity contribution in [2.24, 2.45) is 4.99 Å². The zero-order chi connectivity index (χ0) is 10.4. The topological polar surface area (TPSA) is 12.4 Å².